The van der Waals surface area contributed by atoms with Crippen molar-refractivity contribution in [3.63, 3.8) is 0 Å². The largest absolute Gasteiger partial charge is 0.396 e. The van der Waals surface area contributed by atoms with Crippen molar-refractivity contribution in [2.45, 2.75) is 38.6 Å². The van der Waals surface area contributed by atoms with Gasteiger partial charge in [0.15, 0.2) is 0 Å². The number of aliphatic hydroxyl groups excluding tert-OH is 1. The molecule has 1 N–H and O–H groups in total. The fourth-order valence-electron chi connectivity index (χ4n) is 1.73. The number of nitrogens with zero attached hydrogens (tertiary/aromatic N) is 1. The quantitative estimate of drug-likeness (QED) is 0.522. The van der Waals surface area contributed by atoms with E-state index >= 15 is 0 Å². The van der Waals surface area contributed by atoms with Gasteiger partial charge in [-0.3, -0.25) is 4.99 Å². The van der Waals surface area contributed by atoms with Gasteiger partial charge in [0, 0.05) is 18.9 Å². The molecule has 1 atom stereocenters. The number of aliphatic hydroxyl groups is 1. The van der Waals surface area contributed by atoms with Crippen molar-refractivity contribution < 1.29 is 5.11 Å². The van der Waals surface area contributed by atoms with Crippen molar-refractivity contribution in [3.8, 4) is 0 Å². The molecule has 0 saturated heterocycles. The molecule has 3 heteroatoms. The number of aliphatic imine (C=N–C) groups is 1. The van der Waals surface area contributed by atoms with E-state index in [0.717, 1.165) is 19.3 Å². The summed E-state index contributed by atoms with van der Waals surface area (Å²) in [6.45, 7) is 2.50. The third-order valence-electron chi connectivity index (χ3n) is 2.89. The summed E-state index contributed by atoms with van der Waals surface area (Å²) in [5, 5.41) is 8.67. The van der Waals surface area contributed by atoms with Gasteiger partial charge in [0.25, 0.3) is 0 Å². The van der Waals surface area contributed by atoms with Gasteiger partial charge in [0.05, 0.1) is 0 Å². The number of rotatable bonds is 10. The summed E-state index contributed by atoms with van der Waals surface area (Å²) in [7, 11) is 0. The second-order valence-corrected chi connectivity index (χ2v) is 5.95. The van der Waals surface area contributed by atoms with Crippen LogP contribution in [0.4, 0.5) is 0 Å². The SMILES string of the molecule is CC(CCCSCCCCO)N=Cc1ccccc1. The normalized spacial score (nSPS) is 12.9. The lowest BCUT2D eigenvalue weighted by molar-refractivity contribution is 0.287. The highest BCUT2D eigenvalue weighted by molar-refractivity contribution is 7.99. The van der Waals surface area contributed by atoms with Crippen molar-refractivity contribution in [1.82, 2.24) is 0 Å². The minimum absolute atomic E-state index is 0.325. The van der Waals surface area contributed by atoms with Crippen LogP contribution in [0, 0.1) is 0 Å². The Kier molecular flexibility index (Phi) is 9.46. The van der Waals surface area contributed by atoms with Gasteiger partial charge in [0.1, 0.15) is 0 Å². The maximum absolute atomic E-state index is 8.67. The number of thioether (sulfide) groups is 1. The molecule has 2 nitrogen and oxygen atoms in total. The summed E-state index contributed by atoms with van der Waals surface area (Å²) in [6.07, 6.45) is 6.40. The van der Waals surface area contributed by atoms with Crippen molar-refractivity contribution in [3.05, 3.63) is 35.9 Å². The van der Waals surface area contributed by atoms with Crippen LogP contribution in [0.15, 0.2) is 35.3 Å². The standard InChI is InChI=1S/C16H25NOS/c1-15(8-7-13-19-12-6-5-11-18)17-14-16-9-3-2-4-10-16/h2-4,9-10,14-15,18H,5-8,11-13H2,1H3. The van der Waals surface area contributed by atoms with Gasteiger partial charge in [-0.05, 0) is 49.7 Å². The molecular formula is C16H25NOS. The lowest BCUT2D eigenvalue weighted by Gasteiger charge is -2.06. The molecule has 0 saturated carbocycles. The molecule has 0 bridgehead atoms. The van der Waals surface area contributed by atoms with Crippen LogP contribution in [0.3, 0.4) is 0 Å². The van der Waals surface area contributed by atoms with Crippen molar-refractivity contribution >= 4 is 18.0 Å². The van der Waals surface area contributed by atoms with Gasteiger partial charge in [-0.25, -0.2) is 0 Å². The van der Waals surface area contributed by atoms with Crippen LogP contribution in [0.2, 0.25) is 0 Å². The van der Waals surface area contributed by atoms with Crippen molar-refractivity contribution in [1.29, 1.82) is 0 Å². The molecule has 1 aromatic carbocycles. The minimum atomic E-state index is 0.325. The molecule has 0 amide bonds. The Morgan fingerprint density at radius 1 is 1.16 bits per heavy atom. The lowest BCUT2D eigenvalue weighted by atomic mass is 10.2. The Hall–Kier alpha value is -0.800. The minimum Gasteiger partial charge on any atom is -0.396 e. The molecule has 0 spiro atoms. The van der Waals surface area contributed by atoms with Crippen molar-refractivity contribution in [2.24, 2.45) is 4.99 Å². The Morgan fingerprint density at radius 2 is 1.89 bits per heavy atom. The molecule has 106 valence electrons. The maximum atomic E-state index is 8.67. The van der Waals surface area contributed by atoms with E-state index in [1.807, 2.05) is 36.2 Å². The molecular weight excluding hydrogens is 254 g/mol. The molecule has 0 fully saturated rings. The fraction of sp³-hybridized carbons (Fsp3) is 0.562. The number of unbranched alkanes of at least 4 members (excludes halogenated alkanes) is 1. The number of hydrogen-bond donors (Lipinski definition) is 1. The Morgan fingerprint density at radius 3 is 2.63 bits per heavy atom. The van der Waals surface area contributed by atoms with Crippen LogP contribution in [0.25, 0.3) is 0 Å². The first kappa shape index (κ1) is 16.3. The first-order chi connectivity index (χ1) is 9.33. The maximum Gasteiger partial charge on any atom is 0.0472 e. The van der Waals surface area contributed by atoms with Gasteiger partial charge in [-0.1, -0.05) is 30.3 Å². The highest BCUT2D eigenvalue weighted by Crippen LogP contribution is 2.10. The predicted molar refractivity (Wildman–Crippen MR) is 86.4 cm³/mol. The molecule has 1 rings (SSSR count). The molecule has 0 aliphatic rings. The van der Waals surface area contributed by atoms with Crippen LogP contribution < -0.4 is 0 Å². The second-order valence-electron chi connectivity index (χ2n) is 4.72. The zero-order valence-corrected chi connectivity index (χ0v) is 12.6. The Bertz CT molecular complexity index is 340. The molecule has 19 heavy (non-hydrogen) atoms. The Balaban J connectivity index is 2.05. The van der Waals surface area contributed by atoms with E-state index in [1.54, 1.807) is 0 Å². The predicted octanol–water partition coefficient (Wildman–Crippen LogP) is 3.78. The summed E-state index contributed by atoms with van der Waals surface area (Å²) in [5.74, 6) is 2.37. The van der Waals surface area contributed by atoms with Crippen LogP contribution >= 0.6 is 11.8 Å². The molecule has 1 aromatic rings. The van der Waals surface area contributed by atoms with E-state index < -0.39 is 0 Å². The highest BCUT2D eigenvalue weighted by Gasteiger charge is 1.98. The average molecular weight is 279 g/mol. The third kappa shape index (κ3) is 8.84. The van der Waals surface area contributed by atoms with E-state index in [9.17, 15) is 0 Å². The van der Waals surface area contributed by atoms with E-state index in [0.29, 0.717) is 12.6 Å². The first-order valence-electron chi connectivity index (χ1n) is 7.09. The number of hydrogen-bond acceptors (Lipinski definition) is 3. The summed E-state index contributed by atoms with van der Waals surface area (Å²) >= 11 is 1.99. The van der Waals surface area contributed by atoms with Crippen LogP contribution in [0.1, 0.15) is 38.2 Å². The zero-order chi connectivity index (χ0) is 13.8. The second kappa shape index (κ2) is 11.1. The Labute approximate surface area is 121 Å². The fourth-order valence-corrected chi connectivity index (χ4v) is 2.71. The molecule has 0 aliphatic carbocycles. The molecule has 0 aromatic heterocycles. The van der Waals surface area contributed by atoms with Crippen LogP contribution in [0.5, 0.6) is 0 Å². The van der Waals surface area contributed by atoms with E-state index in [4.69, 9.17) is 5.11 Å². The summed E-state index contributed by atoms with van der Waals surface area (Å²) in [4.78, 5) is 4.57. The molecule has 0 radical (unpaired) electrons. The van der Waals surface area contributed by atoms with Crippen molar-refractivity contribution in [2.75, 3.05) is 18.1 Å². The molecule has 0 aliphatic heterocycles. The van der Waals surface area contributed by atoms with Gasteiger partial charge in [-0.2, -0.15) is 11.8 Å². The summed E-state index contributed by atoms with van der Waals surface area (Å²) < 4.78 is 0. The molecule has 0 heterocycles. The van der Waals surface area contributed by atoms with Gasteiger partial charge >= 0.3 is 0 Å². The van der Waals surface area contributed by atoms with Gasteiger partial charge in [-0.15, -0.1) is 0 Å². The average Bonchev–Trinajstić information content (AvgIpc) is 2.45. The van der Waals surface area contributed by atoms with E-state index in [1.165, 1.54) is 23.5 Å². The van der Waals surface area contributed by atoms with Crippen LogP contribution in [-0.4, -0.2) is 35.5 Å². The van der Waals surface area contributed by atoms with Crippen LogP contribution in [-0.2, 0) is 0 Å². The van der Waals surface area contributed by atoms with Gasteiger partial charge in [0.2, 0.25) is 0 Å². The van der Waals surface area contributed by atoms with E-state index in [2.05, 4.69) is 24.0 Å². The van der Waals surface area contributed by atoms with E-state index in [-0.39, 0.29) is 0 Å². The lowest BCUT2D eigenvalue weighted by Crippen LogP contribution is -2.00. The first-order valence-corrected chi connectivity index (χ1v) is 8.25. The molecule has 1 unspecified atom stereocenters. The summed E-state index contributed by atoms with van der Waals surface area (Å²) in [5.41, 5.74) is 1.17. The third-order valence-corrected chi connectivity index (χ3v) is 4.04. The topological polar surface area (TPSA) is 32.6 Å². The zero-order valence-electron chi connectivity index (χ0n) is 11.8. The summed E-state index contributed by atoms with van der Waals surface area (Å²) in [6, 6.07) is 10.7. The monoisotopic (exact) mass is 279 g/mol. The number of benzene rings is 1. The van der Waals surface area contributed by atoms with Gasteiger partial charge < -0.3 is 5.11 Å². The smallest absolute Gasteiger partial charge is 0.0472 e. The highest BCUT2D eigenvalue weighted by atomic mass is 32.2.